The lowest BCUT2D eigenvalue weighted by atomic mass is 10.3. The highest BCUT2D eigenvalue weighted by Gasteiger charge is 2.14. The summed E-state index contributed by atoms with van der Waals surface area (Å²) in [6.45, 7) is 0. The summed E-state index contributed by atoms with van der Waals surface area (Å²) in [5.74, 6) is 0. The van der Waals surface area contributed by atoms with Gasteiger partial charge < -0.3 is 5.11 Å². The Kier molecular flexibility index (Phi) is 2.05. The van der Waals surface area contributed by atoms with Crippen molar-refractivity contribution in [2.24, 2.45) is 0 Å². The molecule has 3 rings (SSSR count). The van der Waals surface area contributed by atoms with Gasteiger partial charge in [-0.3, -0.25) is 4.40 Å². The van der Waals surface area contributed by atoms with E-state index < -0.39 is 0 Å². The van der Waals surface area contributed by atoms with Crippen LogP contribution in [0.25, 0.3) is 16.3 Å². The first-order valence-electron chi connectivity index (χ1n) is 4.39. The number of halogens is 1. The van der Waals surface area contributed by atoms with Gasteiger partial charge in [-0.05, 0) is 6.07 Å². The molecule has 3 aromatic heterocycles. The van der Waals surface area contributed by atoms with Crippen molar-refractivity contribution in [2.75, 3.05) is 0 Å². The number of aromatic nitrogens is 4. The Morgan fingerprint density at radius 2 is 2.25 bits per heavy atom. The van der Waals surface area contributed by atoms with Gasteiger partial charge in [0.05, 0.1) is 5.69 Å². The first kappa shape index (κ1) is 9.56. The van der Waals surface area contributed by atoms with E-state index in [1.54, 1.807) is 6.07 Å². The number of nitrogens with zero attached hydrogens (tertiary/aromatic N) is 4. The van der Waals surface area contributed by atoms with Gasteiger partial charge in [0.2, 0.25) is 0 Å². The minimum absolute atomic E-state index is 0.279. The Morgan fingerprint density at radius 1 is 1.38 bits per heavy atom. The molecule has 0 aliphatic carbocycles. The summed E-state index contributed by atoms with van der Waals surface area (Å²) in [7, 11) is 0. The minimum Gasteiger partial charge on any atom is -0.479 e. The normalized spacial score (nSPS) is 11.1. The third-order valence-electron chi connectivity index (χ3n) is 2.11. The fraction of sp³-hybridized carbons (Fsp3) is 0. The van der Waals surface area contributed by atoms with Gasteiger partial charge in [0.15, 0.2) is 10.1 Å². The molecule has 0 radical (unpaired) electrons. The van der Waals surface area contributed by atoms with Crippen LogP contribution in [0.2, 0.25) is 5.15 Å². The topological polar surface area (TPSA) is 63.3 Å². The van der Waals surface area contributed by atoms with E-state index in [1.807, 2.05) is 16.0 Å². The van der Waals surface area contributed by atoms with Crippen LogP contribution in [0, 0.1) is 0 Å². The smallest absolute Gasteiger partial charge is 0.314 e. The second-order valence-electron chi connectivity index (χ2n) is 3.05. The van der Waals surface area contributed by atoms with Crippen LogP contribution >= 0.6 is 22.9 Å². The van der Waals surface area contributed by atoms with Gasteiger partial charge in [-0.2, -0.15) is 4.98 Å². The summed E-state index contributed by atoms with van der Waals surface area (Å²) in [5.41, 5.74) is 1.21. The Hall–Kier alpha value is -1.66. The van der Waals surface area contributed by atoms with Crippen molar-refractivity contribution < 1.29 is 5.11 Å². The second-order valence-corrected chi connectivity index (χ2v) is 4.28. The number of imidazole rings is 1. The maximum Gasteiger partial charge on any atom is 0.314 e. The van der Waals surface area contributed by atoms with E-state index in [0.717, 1.165) is 4.96 Å². The van der Waals surface area contributed by atoms with Gasteiger partial charge in [0.1, 0.15) is 5.69 Å². The van der Waals surface area contributed by atoms with Crippen LogP contribution in [0.5, 0.6) is 6.01 Å². The van der Waals surface area contributed by atoms with E-state index in [2.05, 4.69) is 15.0 Å². The van der Waals surface area contributed by atoms with Crippen molar-refractivity contribution >= 4 is 27.9 Å². The summed E-state index contributed by atoms with van der Waals surface area (Å²) in [5, 5.41) is 11.5. The van der Waals surface area contributed by atoms with Crippen LogP contribution in [0.1, 0.15) is 0 Å². The Balaban J connectivity index is 2.32. The first-order chi connectivity index (χ1) is 7.75. The summed E-state index contributed by atoms with van der Waals surface area (Å²) < 4.78 is 1.83. The van der Waals surface area contributed by atoms with Crippen LogP contribution in [0.15, 0.2) is 23.8 Å². The molecule has 0 unspecified atom stereocenters. The molecule has 0 aromatic carbocycles. The molecular formula is C9H5ClN4OS. The van der Waals surface area contributed by atoms with Crippen LogP contribution in [0.4, 0.5) is 0 Å². The maximum atomic E-state index is 9.23. The van der Waals surface area contributed by atoms with Gasteiger partial charge in [0, 0.05) is 17.8 Å². The van der Waals surface area contributed by atoms with E-state index in [0.29, 0.717) is 16.5 Å². The highest BCUT2D eigenvalue weighted by Crippen LogP contribution is 2.29. The fourth-order valence-corrected chi connectivity index (χ4v) is 2.50. The molecule has 3 aromatic rings. The van der Waals surface area contributed by atoms with Crippen molar-refractivity contribution in [1.82, 2.24) is 19.4 Å². The highest BCUT2D eigenvalue weighted by atomic mass is 35.5. The van der Waals surface area contributed by atoms with Crippen molar-refractivity contribution in [1.29, 1.82) is 0 Å². The molecule has 3 heterocycles. The second kappa shape index (κ2) is 3.43. The highest BCUT2D eigenvalue weighted by molar-refractivity contribution is 7.15. The molecule has 0 saturated carbocycles. The number of rotatable bonds is 1. The molecule has 0 fully saturated rings. The standard InChI is InChI=1S/C9H5ClN4OS/c10-7-6(5-1-2-11-8(15)12-5)14-3-4-16-9(14)13-7/h1-4H,(H,11,12,15). The predicted octanol–water partition coefficient (Wildman–Crippen LogP) is 2.21. The minimum atomic E-state index is -0.279. The monoisotopic (exact) mass is 252 g/mol. The third-order valence-corrected chi connectivity index (χ3v) is 3.13. The molecule has 80 valence electrons. The van der Waals surface area contributed by atoms with Crippen molar-refractivity contribution in [3.8, 4) is 17.4 Å². The summed E-state index contributed by atoms with van der Waals surface area (Å²) in [6.07, 6.45) is 3.33. The van der Waals surface area contributed by atoms with Gasteiger partial charge in [0.25, 0.3) is 0 Å². The van der Waals surface area contributed by atoms with E-state index in [-0.39, 0.29) is 6.01 Å². The van der Waals surface area contributed by atoms with E-state index in [4.69, 9.17) is 11.6 Å². The summed E-state index contributed by atoms with van der Waals surface area (Å²) in [6, 6.07) is 1.39. The third kappa shape index (κ3) is 1.35. The van der Waals surface area contributed by atoms with E-state index in [9.17, 15) is 5.11 Å². The first-order valence-corrected chi connectivity index (χ1v) is 5.65. The Labute approximate surface area is 99.0 Å². The van der Waals surface area contributed by atoms with Crippen molar-refractivity contribution in [2.45, 2.75) is 0 Å². The fourth-order valence-electron chi connectivity index (χ4n) is 1.47. The van der Waals surface area contributed by atoms with Gasteiger partial charge >= 0.3 is 6.01 Å². The SMILES string of the molecule is Oc1nccc(-c2c(Cl)nc3sccn23)n1. The molecule has 7 heteroatoms. The maximum absolute atomic E-state index is 9.23. The van der Waals surface area contributed by atoms with Crippen LogP contribution in [0.3, 0.4) is 0 Å². The lowest BCUT2D eigenvalue weighted by Gasteiger charge is -1.99. The molecule has 16 heavy (non-hydrogen) atoms. The molecule has 1 N–H and O–H groups in total. The summed E-state index contributed by atoms with van der Waals surface area (Å²) >= 11 is 7.51. The molecule has 0 spiro atoms. The molecule has 5 nitrogen and oxygen atoms in total. The quantitative estimate of drug-likeness (QED) is 0.721. The van der Waals surface area contributed by atoms with E-state index in [1.165, 1.54) is 17.5 Å². The molecule has 0 bridgehead atoms. The molecule has 0 aliphatic heterocycles. The largest absolute Gasteiger partial charge is 0.479 e. The molecule has 0 aliphatic rings. The van der Waals surface area contributed by atoms with Crippen molar-refractivity contribution in [3.05, 3.63) is 29.0 Å². The van der Waals surface area contributed by atoms with Gasteiger partial charge in [-0.1, -0.05) is 11.6 Å². The molecular weight excluding hydrogens is 248 g/mol. The van der Waals surface area contributed by atoms with Crippen LogP contribution < -0.4 is 0 Å². The zero-order chi connectivity index (χ0) is 11.1. The Morgan fingerprint density at radius 3 is 3.06 bits per heavy atom. The average Bonchev–Trinajstić information content (AvgIpc) is 2.76. The van der Waals surface area contributed by atoms with Crippen LogP contribution in [-0.4, -0.2) is 24.5 Å². The summed E-state index contributed by atoms with van der Waals surface area (Å²) in [4.78, 5) is 12.5. The number of thiazole rings is 1. The zero-order valence-corrected chi connectivity index (χ0v) is 9.40. The zero-order valence-electron chi connectivity index (χ0n) is 7.83. The Bertz CT molecular complexity index is 662. The van der Waals surface area contributed by atoms with Gasteiger partial charge in [-0.15, -0.1) is 11.3 Å². The number of aromatic hydroxyl groups is 1. The predicted molar refractivity (Wildman–Crippen MR) is 60.8 cm³/mol. The number of hydrogen-bond donors (Lipinski definition) is 1. The molecule has 0 saturated heterocycles. The molecule has 0 amide bonds. The van der Waals surface area contributed by atoms with Gasteiger partial charge in [-0.25, -0.2) is 9.97 Å². The lowest BCUT2D eigenvalue weighted by Crippen LogP contribution is -1.89. The van der Waals surface area contributed by atoms with Crippen LogP contribution in [-0.2, 0) is 0 Å². The molecule has 0 atom stereocenters. The van der Waals surface area contributed by atoms with E-state index >= 15 is 0 Å². The average molecular weight is 253 g/mol. The van der Waals surface area contributed by atoms with Crippen molar-refractivity contribution in [3.63, 3.8) is 0 Å². The lowest BCUT2D eigenvalue weighted by molar-refractivity contribution is 0.431. The number of fused-ring (bicyclic) bond motifs is 1. The number of hydrogen-bond acceptors (Lipinski definition) is 5.